The molecule has 0 aliphatic heterocycles. The Kier molecular flexibility index (Phi) is 3.32. The number of aromatic hydroxyl groups is 1. The van der Waals surface area contributed by atoms with Gasteiger partial charge in [0, 0.05) is 5.56 Å². The fourth-order valence-corrected chi connectivity index (χ4v) is 1.30. The molecule has 17 heavy (non-hydrogen) atoms. The van der Waals surface area contributed by atoms with Crippen LogP contribution in [0.15, 0.2) is 18.2 Å². The number of halogens is 3. The molecule has 9 heteroatoms. The summed E-state index contributed by atoms with van der Waals surface area (Å²) >= 11 is 0. The average molecular weight is 270 g/mol. The predicted octanol–water partition coefficient (Wildman–Crippen LogP) is 1.43. The molecule has 0 bridgehead atoms. The number of hydrogen-bond acceptors (Lipinski definition) is 5. The third-order valence-electron chi connectivity index (χ3n) is 1.60. The van der Waals surface area contributed by atoms with Crippen molar-refractivity contribution in [3.8, 4) is 11.5 Å². The molecular weight excluding hydrogens is 265 g/mol. The van der Waals surface area contributed by atoms with E-state index in [0.717, 1.165) is 12.1 Å². The Morgan fingerprint density at radius 2 is 1.88 bits per heavy atom. The summed E-state index contributed by atoms with van der Waals surface area (Å²) in [6.07, 6.45) is 0.256. The van der Waals surface area contributed by atoms with E-state index in [4.69, 9.17) is 5.11 Å². The number of aldehydes is 1. The Morgan fingerprint density at radius 1 is 1.29 bits per heavy atom. The third-order valence-corrected chi connectivity index (χ3v) is 2.57. The monoisotopic (exact) mass is 270 g/mol. The van der Waals surface area contributed by atoms with Crippen molar-refractivity contribution >= 4 is 16.4 Å². The second-order valence-corrected chi connectivity index (χ2v) is 4.37. The number of hydrogen-bond donors (Lipinski definition) is 1. The van der Waals surface area contributed by atoms with E-state index in [0.29, 0.717) is 6.07 Å². The summed E-state index contributed by atoms with van der Waals surface area (Å²) in [5.41, 5.74) is -5.76. The number of carbonyl (C=O) groups is 1. The summed E-state index contributed by atoms with van der Waals surface area (Å²) in [7, 11) is -5.87. The zero-order valence-electron chi connectivity index (χ0n) is 7.93. The first-order chi connectivity index (χ1) is 7.67. The van der Waals surface area contributed by atoms with Gasteiger partial charge in [-0.05, 0) is 18.2 Å². The maximum atomic E-state index is 12.0. The Morgan fingerprint density at radius 3 is 2.35 bits per heavy atom. The van der Waals surface area contributed by atoms with Crippen LogP contribution in [0.5, 0.6) is 11.5 Å². The summed E-state index contributed by atoms with van der Waals surface area (Å²) in [5.74, 6) is -1.80. The van der Waals surface area contributed by atoms with Gasteiger partial charge in [0.05, 0.1) is 0 Å². The lowest BCUT2D eigenvalue weighted by molar-refractivity contribution is -0.0500. The fourth-order valence-electron chi connectivity index (χ4n) is 0.836. The quantitative estimate of drug-likeness (QED) is 0.510. The standard InChI is InChI=1S/C8H5F3O5S/c9-8(10,11)17(14,15)16-7-3-5(4-12)1-2-6(7)13/h1-4,13H. The van der Waals surface area contributed by atoms with Crippen molar-refractivity contribution < 1.29 is 35.7 Å². The van der Waals surface area contributed by atoms with Crippen molar-refractivity contribution in [3.05, 3.63) is 23.8 Å². The highest BCUT2D eigenvalue weighted by Gasteiger charge is 2.48. The normalized spacial score (nSPS) is 12.2. The predicted molar refractivity (Wildman–Crippen MR) is 49.1 cm³/mol. The van der Waals surface area contributed by atoms with Crippen molar-refractivity contribution in [1.82, 2.24) is 0 Å². The van der Waals surface area contributed by atoms with Crippen LogP contribution in [0.2, 0.25) is 0 Å². The van der Waals surface area contributed by atoms with Gasteiger partial charge in [0.2, 0.25) is 0 Å². The van der Waals surface area contributed by atoms with E-state index >= 15 is 0 Å². The highest BCUT2D eigenvalue weighted by molar-refractivity contribution is 7.88. The SMILES string of the molecule is O=Cc1ccc(O)c(OS(=O)(=O)C(F)(F)F)c1. The Hall–Kier alpha value is -1.77. The molecule has 0 aromatic heterocycles. The smallest absolute Gasteiger partial charge is 0.504 e. The van der Waals surface area contributed by atoms with Gasteiger partial charge in [0.15, 0.2) is 11.5 Å². The molecule has 5 nitrogen and oxygen atoms in total. The first-order valence-corrected chi connectivity index (χ1v) is 5.37. The molecule has 0 fully saturated rings. The largest absolute Gasteiger partial charge is 0.534 e. The summed E-state index contributed by atoms with van der Waals surface area (Å²) in [5, 5.41) is 9.09. The van der Waals surface area contributed by atoms with E-state index in [1.807, 2.05) is 0 Å². The highest BCUT2D eigenvalue weighted by atomic mass is 32.2. The first kappa shape index (κ1) is 13.3. The minimum atomic E-state index is -5.87. The summed E-state index contributed by atoms with van der Waals surface area (Å²) in [6.45, 7) is 0. The maximum absolute atomic E-state index is 12.0. The van der Waals surface area contributed by atoms with Crippen LogP contribution in [0.25, 0.3) is 0 Å². The first-order valence-electron chi connectivity index (χ1n) is 3.96. The molecule has 1 aromatic rings. The van der Waals surface area contributed by atoms with Crippen molar-refractivity contribution in [3.63, 3.8) is 0 Å². The van der Waals surface area contributed by atoms with Crippen molar-refractivity contribution in [2.45, 2.75) is 5.51 Å². The molecule has 0 saturated heterocycles. The van der Waals surface area contributed by atoms with Crippen LogP contribution in [0.3, 0.4) is 0 Å². The number of alkyl halides is 3. The molecule has 94 valence electrons. The second-order valence-electron chi connectivity index (χ2n) is 2.83. The van der Waals surface area contributed by atoms with Gasteiger partial charge < -0.3 is 9.29 Å². The lowest BCUT2D eigenvalue weighted by atomic mass is 10.2. The molecule has 1 rings (SSSR count). The van der Waals surface area contributed by atoms with Gasteiger partial charge in [0.25, 0.3) is 0 Å². The van der Waals surface area contributed by atoms with Crippen molar-refractivity contribution in [2.75, 3.05) is 0 Å². The van der Waals surface area contributed by atoms with Crippen LogP contribution in [0.4, 0.5) is 13.2 Å². The van der Waals surface area contributed by atoms with Crippen LogP contribution in [-0.4, -0.2) is 25.3 Å². The second kappa shape index (κ2) is 4.24. The van der Waals surface area contributed by atoms with Crippen LogP contribution in [0, 0.1) is 0 Å². The molecule has 1 N–H and O–H groups in total. The molecule has 0 amide bonds. The number of carbonyl (C=O) groups excluding carboxylic acids is 1. The Bertz CT molecular complexity index is 535. The topological polar surface area (TPSA) is 80.7 Å². The Labute approximate surface area is 93.6 Å². The van der Waals surface area contributed by atoms with Crippen LogP contribution in [0.1, 0.15) is 10.4 Å². The minimum Gasteiger partial charge on any atom is -0.504 e. The molecule has 0 aliphatic carbocycles. The molecule has 0 heterocycles. The molecule has 0 radical (unpaired) electrons. The number of phenols is 1. The van der Waals surface area contributed by atoms with Crippen molar-refractivity contribution in [1.29, 1.82) is 0 Å². The van der Waals surface area contributed by atoms with E-state index in [-0.39, 0.29) is 11.8 Å². The van der Waals surface area contributed by atoms with Gasteiger partial charge >= 0.3 is 15.6 Å². The number of benzene rings is 1. The molecule has 0 saturated carbocycles. The van der Waals surface area contributed by atoms with Crippen LogP contribution in [-0.2, 0) is 10.1 Å². The van der Waals surface area contributed by atoms with Gasteiger partial charge in [0.1, 0.15) is 6.29 Å². The Balaban J connectivity index is 3.16. The molecule has 1 aromatic carbocycles. The van der Waals surface area contributed by atoms with Gasteiger partial charge in [-0.3, -0.25) is 4.79 Å². The van der Waals surface area contributed by atoms with E-state index in [1.165, 1.54) is 0 Å². The van der Waals surface area contributed by atoms with Crippen LogP contribution < -0.4 is 4.18 Å². The van der Waals surface area contributed by atoms with E-state index in [2.05, 4.69) is 4.18 Å². The fraction of sp³-hybridized carbons (Fsp3) is 0.125. The van der Waals surface area contributed by atoms with E-state index in [1.54, 1.807) is 0 Å². The third kappa shape index (κ3) is 2.87. The summed E-state index contributed by atoms with van der Waals surface area (Å²) in [6, 6.07) is 2.59. The lowest BCUT2D eigenvalue weighted by Gasteiger charge is -2.10. The minimum absolute atomic E-state index is 0.143. The molecule has 0 unspecified atom stereocenters. The highest BCUT2D eigenvalue weighted by Crippen LogP contribution is 2.32. The summed E-state index contributed by atoms with van der Waals surface area (Å²) in [4.78, 5) is 10.3. The average Bonchev–Trinajstić information content (AvgIpc) is 2.19. The van der Waals surface area contributed by atoms with Crippen LogP contribution >= 0.6 is 0 Å². The van der Waals surface area contributed by atoms with Gasteiger partial charge in [-0.2, -0.15) is 21.6 Å². The molecule has 0 aliphatic rings. The summed E-state index contributed by atoms with van der Waals surface area (Å²) < 4.78 is 60.8. The lowest BCUT2D eigenvalue weighted by Crippen LogP contribution is -2.28. The van der Waals surface area contributed by atoms with Gasteiger partial charge in [-0.15, -0.1) is 0 Å². The van der Waals surface area contributed by atoms with E-state index in [9.17, 15) is 26.4 Å². The maximum Gasteiger partial charge on any atom is 0.534 e. The van der Waals surface area contributed by atoms with Gasteiger partial charge in [-0.1, -0.05) is 0 Å². The zero-order valence-corrected chi connectivity index (χ0v) is 8.75. The number of phenolic OH excluding ortho intramolecular Hbond substituents is 1. The number of rotatable bonds is 3. The molecule has 0 spiro atoms. The van der Waals surface area contributed by atoms with Crippen molar-refractivity contribution in [2.24, 2.45) is 0 Å². The molecule has 0 atom stereocenters. The molecular formula is C8H5F3O5S. The zero-order chi connectivity index (χ0) is 13.3. The van der Waals surface area contributed by atoms with Gasteiger partial charge in [-0.25, -0.2) is 0 Å². The van der Waals surface area contributed by atoms with E-state index < -0.39 is 27.1 Å².